The second kappa shape index (κ2) is 8.39. The van der Waals surface area contributed by atoms with Gasteiger partial charge in [0.1, 0.15) is 6.04 Å². The van der Waals surface area contributed by atoms with Gasteiger partial charge in [0.15, 0.2) is 0 Å². The monoisotopic (exact) mass is 410 g/mol. The molecule has 7 nitrogen and oxygen atoms in total. The zero-order chi connectivity index (χ0) is 20.4. The third kappa shape index (κ3) is 4.07. The summed E-state index contributed by atoms with van der Waals surface area (Å²) in [4.78, 5) is 30.9. The highest BCUT2D eigenvalue weighted by Gasteiger charge is 2.29. The summed E-state index contributed by atoms with van der Waals surface area (Å²) in [6.45, 7) is 0.739. The van der Waals surface area contributed by atoms with E-state index in [0.29, 0.717) is 33.8 Å². The van der Waals surface area contributed by atoms with Gasteiger partial charge in [0.2, 0.25) is 11.8 Å². The van der Waals surface area contributed by atoms with Crippen molar-refractivity contribution in [3.63, 3.8) is 0 Å². The number of nitrogens with zero attached hydrogens (tertiary/aromatic N) is 3. The standard InChI is InChI=1S/C21H22N4O3S/c22-10-15-11-29-12-25(15)20(26)9-14-8-17(21(23)27)16-7-13(4-5-18(16)24-14)19-3-1-2-6-28-19/h4-5,7-8,15,19H,1-3,6,9,11-12H2,(H2,23,27)/t15-,19-/m1/s1. The van der Waals surface area contributed by atoms with Crippen LogP contribution in [0.4, 0.5) is 0 Å². The molecule has 2 fully saturated rings. The number of carbonyl (C=O) groups excluding carboxylic acids is 2. The van der Waals surface area contributed by atoms with Crippen LogP contribution in [0.3, 0.4) is 0 Å². The Balaban J connectivity index is 1.65. The number of ether oxygens (including phenoxy) is 1. The fourth-order valence-corrected chi connectivity index (χ4v) is 4.95. The molecular weight excluding hydrogens is 388 g/mol. The molecule has 2 atom stereocenters. The minimum absolute atomic E-state index is 0.0192. The summed E-state index contributed by atoms with van der Waals surface area (Å²) in [5.41, 5.74) is 8.09. The Bertz CT molecular complexity index is 997. The van der Waals surface area contributed by atoms with Crippen LogP contribution in [-0.2, 0) is 16.0 Å². The number of fused-ring (bicyclic) bond motifs is 1. The largest absolute Gasteiger partial charge is 0.374 e. The van der Waals surface area contributed by atoms with Crippen molar-refractivity contribution in [3.05, 3.63) is 41.1 Å². The summed E-state index contributed by atoms with van der Waals surface area (Å²) in [6, 6.07) is 9.08. The SMILES string of the molecule is N#C[C@@H]1CSCN1C(=O)Cc1cc(C(N)=O)c2cc([C@H]3CCCCO3)ccc2n1. The lowest BCUT2D eigenvalue weighted by Gasteiger charge is -2.23. The molecule has 0 aliphatic carbocycles. The molecule has 0 spiro atoms. The minimum atomic E-state index is -0.556. The van der Waals surface area contributed by atoms with Gasteiger partial charge in [0, 0.05) is 17.7 Å². The maximum atomic E-state index is 12.7. The zero-order valence-electron chi connectivity index (χ0n) is 16.0. The molecule has 150 valence electrons. The first-order valence-corrected chi connectivity index (χ1v) is 10.8. The Labute approximate surface area is 173 Å². The molecule has 3 heterocycles. The highest BCUT2D eigenvalue weighted by atomic mass is 32.2. The van der Waals surface area contributed by atoms with Crippen LogP contribution in [0, 0.1) is 11.3 Å². The van der Waals surface area contributed by atoms with Crippen molar-refractivity contribution in [2.45, 2.75) is 37.8 Å². The molecule has 0 bridgehead atoms. The van der Waals surface area contributed by atoms with E-state index in [-0.39, 0.29) is 18.4 Å². The van der Waals surface area contributed by atoms with Gasteiger partial charge < -0.3 is 15.4 Å². The normalized spacial score (nSPS) is 21.8. The van der Waals surface area contributed by atoms with Crippen molar-refractivity contribution < 1.29 is 14.3 Å². The number of primary amides is 1. The fraction of sp³-hybridized carbons (Fsp3) is 0.429. The van der Waals surface area contributed by atoms with Gasteiger partial charge in [-0.1, -0.05) is 6.07 Å². The van der Waals surface area contributed by atoms with Crippen molar-refractivity contribution in [1.29, 1.82) is 5.26 Å². The van der Waals surface area contributed by atoms with E-state index in [1.54, 1.807) is 22.7 Å². The van der Waals surface area contributed by atoms with Gasteiger partial charge in [0.25, 0.3) is 0 Å². The topological polar surface area (TPSA) is 109 Å². The van der Waals surface area contributed by atoms with Gasteiger partial charge in [-0.25, -0.2) is 0 Å². The van der Waals surface area contributed by atoms with Gasteiger partial charge in [-0.15, -0.1) is 11.8 Å². The smallest absolute Gasteiger partial charge is 0.249 e. The third-order valence-corrected chi connectivity index (χ3v) is 6.40. The highest BCUT2D eigenvalue weighted by Crippen LogP contribution is 2.31. The Kier molecular flexibility index (Phi) is 5.69. The zero-order valence-corrected chi connectivity index (χ0v) is 16.8. The molecule has 8 heteroatoms. The quantitative estimate of drug-likeness (QED) is 0.830. The van der Waals surface area contributed by atoms with E-state index >= 15 is 0 Å². The summed E-state index contributed by atoms with van der Waals surface area (Å²) in [6.07, 6.45) is 3.18. The molecule has 2 aliphatic rings. The molecule has 0 radical (unpaired) electrons. The summed E-state index contributed by atoms with van der Waals surface area (Å²) < 4.78 is 5.85. The second-order valence-corrected chi connectivity index (χ2v) is 8.34. The average Bonchev–Trinajstić information content (AvgIpc) is 3.22. The molecule has 2 aromatic rings. The van der Waals surface area contributed by atoms with E-state index in [4.69, 9.17) is 10.5 Å². The van der Waals surface area contributed by atoms with Gasteiger partial charge in [-0.3, -0.25) is 14.6 Å². The number of amides is 2. The third-order valence-electron chi connectivity index (χ3n) is 5.39. The van der Waals surface area contributed by atoms with E-state index in [2.05, 4.69) is 11.1 Å². The van der Waals surface area contributed by atoms with Crippen molar-refractivity contribution in [2.75, 3.05) is 18.2 Å². The first-order chi connectivity index (χ1) is 14.1. The summed E-state index contributed by atoms with van der Waals surface area (Å²) in [5.74, 6) is 0.389. The van der Waals surface area contributed by atoms with E-state index in [9.17, 15) is 14.9 Å². The van der Waals surface area contributed by atoms with E-state index in [1.165, 1.54) is 0 Å². The highest BCUT2D eigenvalue weighted by molar-refractivity contribution is 7.99. The van der Waals surface area contributed by atoms with Gasteiger partial charge in [-0.2, -0.15) is 5.26 Å². The first kappa shape index (κ1) is 19.7. The van der Waals surface area contributed by atoms with Crippen LogP contribution < -0.4 is 5.73 Å². The van der Waals surface area contributed by atoms with Crippen molar-refractivity contribution in [2.24, 2.45) is 5.73 Å². The maximum absolute atomic E-state index is 12.7. The van der Waals surface area contributed by atoms with E-state index in [1.807, 2.05) is 18.2 Å². The predicted octanol–water partition coefficient (Wildman–Crippen LogP) is 2.54. The van der Waals surface area contributed by atoms with Crippen LogP contribution in [0.2, 0.25) is 0 Å². The summed E-state index contributed by atoms with van der Waals surface area (Å²) in [7, 11) is 0. The number of benzene rings is 1. The predicted molar refractivity (Wildman–Crippen MR) is 110 cm³/mol. The van der Waals surface area contributed by atoms with Crippen LogP contribution in [0.25, 0.3) is 10.9 Å². The number of rotatable bonds is 4. The minimum Gasteiger partial charge on any atom is -0.374 e. The van der Waals surface area contributed by atoms with Crippen LogP contribution in [-0.4, -0.2) is 46.0 Å². The maximum Gasteiger partial charge on any atom is 0.249 e. The van der Waals surface area contributed by atoms with Gasteiger partial charge in [0.05, 0.1) is 41.2 Å². The molecule has 1 aromatic carbocycles. The summed E-state index contributed by atoms with van der Waals surface area (Å²) in [5, 5.41) is 9.87. The molecule has 29 heavy (non-hydrogen) atoms. The number of aromatic nitrogens is 1. The lowest BCUT2D eigenvalue weighted by molar-refractivity contribution is -0.130. The number of hydrogen-bond donors (Lipinski definition) is 1. The Morgan fingerprint density at radius 2 is 2.21 bits per heavy atom. The number of hydrogen-bond acceptors (Lipinski definition) is 6. The van der Waals surface area contributed by atoms with Crippen molar-refractivity contribution in [3.8, 4) is 6.07 Å². The van der Waals surface area contributed by atoms with Gasteiger partial charge >= 0.3 is 0 Å². The van der Waals surface area contributed by atoms with Crippen LogP contribution in [0.5, 0.6) is 0 Å². The Morgan fingerprint density at radius 1 is 1.34 bits per heavy atom. The van der Waals surface area contributed by atoms with E-state index in [0.717, 1.165) is 31.4 Å². The molecule has 4 rings (SSSR count). The number of pyridine rings is 1. The number of thioether (sulfide) groups is 1. The lowest BCUT2D eigenvalue weighted by atomic mass is 9.97. The molecule has 2 amide bonds. The van der Waals surface area contributed by atoms with E-state index < -0.39 is 11.9 Å². The first-order valence-electron chi connectivity index (χ1n) is 9.68. The lowest BCUT2D eigenvalue weighted by Crippen LogP contribution is -2.36. The Hall–Kier alpha value is -2.63. The molecule has 1 aromatic heterocycles. The Morgan fingerprint density at radius 3 is 2.93 bits per heavy atom. The summed E-state index contributed by atoms with van der Waals surface area (Å²) >= 11 is 1.56. The van der Waals surface area contributed by atoms with Crippen LogP contribution in [0.1, 0.15) is 47.0 Å². The molecule has 0 unspecified atom stereocenters. The fourth-order valence-electron chi connectivity index (χ4n) is 3.85. The molecular formula is C21H22N4O3S. The van der Waals surface area contributed by atoms with Crippen LogP contribution >= 0.6 is 11.8 Å². The molecule has 2 N–H and O–H groups in total. The molecule has 0 saturated carbocycles. The number of carbonyl (C=O) groups is 2. The van der Waals surface area contributed by atoms with Crippen molar-refractivity contribution >= 4 is 34.5 Å². The van der Waals surface area contributed by atoms with Gasteiger partial charge in [-0.05, 0) is 43.0 Å². The number of nitriles is 1. The average molecular weight is 410 g/mol. The second-order valence-electron chi connectivity index (χ2n) is 7.34. The molecule has 2 saturated heterocycles. The van der Waals surface area contributed by atoms with Crippen LogP contribution in [0.15, 0.2) is 24.3 Å². The number of nitrogens with two attached hydrogens (primary N) is 1. The molecule has 2 aliphatic heterocycles. The van der Waals surface area contributed by atoms with Crippen molar-refractivity contribution in [1.82, 2.24) is 9.88 Å².